The zero-order valence-corrected chi connectivity index (χ0v) is 33.0. The topological polar surface area (TPSA) is 131 Å². The first-order valence-electron chi connectivity index (χ1n) is 19.0. The number of hydrogen-bond donors (Lipinski definition) is 1. The van der Waals surface area contributed by atoms with Crippen molar-refractivity contribution in [2.75, 3.05) is 45.0 Å². The molecular formula is C41H55FN4O7S. The van der Waals surface area contributed by atoms with Crippen LogP contribution in [0.5, 0.6) is 0 Å². The normalized spacial score (nSPS) is 23.8. The van der Waals surface area contributed by atoms with E-state index < -0.39 is 30.1 Å². The average Bonchev–Trinajstić information content (AvgIpc) is 3.85. The first-order valence-corrected chi connectivity index (χ1v) is 20.1. The maximum absolute atomic E-state index is 15.6. The fraction of sp³-hybridized carbons (Fsp3) is 0.537. The fourth-order valence-electron chi connectivity index (χ4n) is 6.28. The number of alkyl halides is 1. The molecular weight excluding hydrogens is 712 g/mol. The largest absolute Gasteiger partial charge is 0.459 e. The summed E-state index contributed by atoms with van der Waals surface area (Å²) < 4.78 is 32.8. The van der Waals surface area contributed by atoms with Gasteiger partial charge in [0, 0.05) is 44.0 Å². The molecule has 2 aliphatic heterocycles. The minimum absolute atomic E-state index is 0.00241. The van der Waals surface area contributed by atoms with E-state index in [4.69, 9.17) is 13.9 Å². The third kappa shape index (κ3) is 13.3. The molecule has 1 aromatic heterocycles. The van der Waals surface area contributed by atoms with Crippen molar-refractivity contribution in [2.24, 2.45) is 5.92 Å². The first kappa shape index (κ1) is 42.5. The summed E-state index contributed by atoms with van der Waals surface area (Å²) in [6.07, 6.45) is 6.16. The number of rotatable bonds is 10. The van der Waals surface area contributed by atoms with E-state index in [1.807, 2.05) is 44.7 Å². The lowest BCUT2D eigenvalue weighted by Crippen LogP contribution is -2.32. The summed E-state index contributed by atoms with van der Waals surface area (Å²) in [4.78, 5) is 60.2. The molecule has 2 aromatic rings. The maximum Gasteiger partial charge on any atom is 0.338 e. The molecule has 294 valence electrons. The number of oxazole rings is 1. The Labute approximate surface area is 322 Å². The molecule has 0 radical (unpaired) electrons. The Balaban J connectivity index is 1.46. The number of amides is 2. The molecule has 2 amide bonds. The van der Waals surface area contributed by atoms with Gasteiger partial charge in [-0.25, -0.2) is 19.0 Å². The van der Waals surface area contributed by atoms with E-state index in [0.717, 1.165) is 36.7 Å². The maximum atomic E-state index is 15.6. The smallest absolute Gasteiger partial charge is 0.338 e. The highest BCUT2D eigenvalue weighted by Crippen LogP contribution is 2.23. The van der Waals surface area contributed by atoms with Gasteiger partial charge >= 0.3 is 11.9 Å². The van der Waals surface area contributed by atoms with Crippen LogP contribution in [0, 0.1) is 5.92 Å². The molecule has 54 heavy (non-hydrogen) atoms. The number of nitrogens with one attached hydrogen (secondary N) is 1. The van der Waals surface area contributed by atoms with Crippen LogP contribution < -0.4 is 5.32 Å². The highest BCUT2D eigenvalue weighted by Gasteiger charge is 2.30. The van der Waals surface area contributed by atoms with Gasteiger partial charge in [0.1, 0.15) is 24.6 Å². The van der Waals surface area contributed by atoms with E-state index in [1.165, 1.54) is 11.2 Å². The number of cyclic esters (lactones) is 1. The Bertz CT molecular complexity index is 1650. The number of hydrogen-bond acceptors (Lipinski definition) is 10. The highest BCUT2D eigenvalue weighted by atomic mass is 32.2. The van der Waals surface area contributed by atoms with Crippen LogP contribution in [-0.2, 0) is 31.2 Å². The van der Waals surface area contributed by atoms with Gasteiger partial charge in [-0.1, -0.05) is 63.6 Å². The molecule has 0 aliphatic carbocycles. The fourth-order valence-corrected chi connectivity index (χ4v) is 7.24. The molecule has 3 heterocycles. The van der Waals surface area contributed by atoms with Crippen LogP contribution in [0.15, 0.2) is 70.4 Å². The van der Waals surface area contributed by atoms with Crippen LogP contribution in [0.3, 0.4) is 0 Å². The van der Waals surface area contributed by atoms with Gasteiger partial charge in [0.15, 0.2) is 11.6 Å². The third-order valence-corrected chi connectivity index (χ3v) is 10.7. The summed E-state index contributed by atoms with van der Waals surface area (Å²) in [5.74, 6) is 0.139. The summed E-state index contributed by atoms with van der Waals surface area (Å²) in [7, 11) is 0. The Morgan fingerprint density at radius 2 is 1.91 bits per heavy atom. The van der Waals surface area contributed by atoms with Gasteiger partial charge in [-0.2, -0.15) is 11.8 Å². The summed E-state index contributed by atoms with van der Waals surface area (Å²) >= 11 is 1.84. The van der Waals surface area contributed by atoms with Crippen LogP contribution >= 0.6 is 11.8 Å². The van der Waals surface area contributed by atoms with Crippen LogP contribution in [-0.4, -0.2) is 102 Å². The number of carbonyl (C=O) groups is 4. The molecule has 0 saturated heterocycles. The van der Waals surface area contributed by atoms with E-state index in [1.54, 1.807) is 36.4 Å². The molecule has 1 N–H and O–H groups in total. The molecule has 0 fully saturated rings. The third-order valence-electron chi connectivity index (χ3n) is 9.66. The average molecular weight is 767 g/mol. The Morgan fingerprint density at radius 3 is 2.63 bits per heavy atom. The quantitative estimate of drug-likeness (QED) is 0.211. The summed E-state index contributed by atoms with van der Waals surface area (Å²) in [6.45, 7) is 13.6. The van der Waals surface area contributed by atoms with Gasteiger partial charge in [0.25, 0.3) is 5.91 Å². The molecule has 11 nitrogen and oxygen atoms in total. The van der Waals surface area contributed by atoms with E-state index in [-0.39, 0.29) is 68.4 Å². The van der Waals surface area contributed by atoms with Crippen molar-refractivity contribution in [2.45, 2.75) is 90.9 Å². The Kier molecular flexibility index (Phi) is 17.0. The van der Waals surface area contributed by atoms with Crippen molar-refractivity contribution in [1.29, 1.82) is 0 Å². The van der Waals surface area contributed by atoms with E-state index in [0.29, 0.717) is 29.6 Å². The number of allylic oxidation sites excluding steroid dienone is 2. The molecule has 13 heteroatoms. The van der Waals surface area contributed by atoms with Crippen molar-refractivity contribution in [3.63, 3.8) is 0 Å². The SMILES string of the molecule is CC[C@H]1OC(=O)C2=CCN(C2)C(=O)c2coc(n2)CC(F)C[C@H](OC(=O)c2ccc(CSCCN(CC)CC)cc2)/C=C(C)/C=C/CNC(=O)CC[C@H]1C. The number of nitrogens with zero attached hydrogens (tertiary/aromatic N) is 3. The minimum atomic E-state index is -1.53. The summed E-state index contributed by atoms with van der Waals surface area (Å²) in [6, 6.07) is 7.27. The summed E-state index contributed by atoms with van der Waals surface area (Å²) in [5.41, 5.74) is 2.53. The second-order valence-electron chi connectivity index (χ2n) is 13.8. The predicted molar refractivity (Wildman–Crippen MR) is 208 cm³/mol. The zero-order valence-electron chi connectivity index (χ0n) is 32.2. The standard InChI is InChI=1S/C41H55FN4O7S/c1-6-36-29(5)11-16-37(47)43-18-9-10-28(4)22-34(52-40(49)31-14-12-30(13-15-31)27-54-21-20-45(7-2)8-3)23-33(42)24-38-44-35(26-51-38)39(48)46-19-17-32(25-46)41(50)53-36/h9-10,12-15,17,22,26,29,33-34,36H,6-8,11,16,18-21,23-25,27H2,1-5H3,(H,43,47)/b10-9+,28-22+/t29-,33?,34-,36-/m1/s1. The zero-order chi connectivity index (χ0) is 39.0. The number of aromatic nitrogens is 1. The molecule has 4 atom stereocenters. The number of ether oxygens (including phenoxy) is 2. The van der Waals surface area contributed by atoms with Crippen molar-refractivity contribution in [3.8, 4) is 0 Å². The monoisotopic (exact) mass is 766 g/mol. The predicted octanol–water partition coefficient (Wildman–Crippen LogP) is 6.50. The van der Waals surface area contributed by atoms with Crippen molar-refractivity contribution in [1.82, 2.24) is 20.1 Å². The van der Waals surface area contributed by atoms with Gasteiger partial charge in [0.2, 0.25) is 5.91 Å². The number of benzene rings is 1. The van der Waals surface area contributed by atoms with Crippen LogP contribution in [0.25, 0.3) is 0 Å². The van der Waals surface area contributed by atoms with Crippen molar-refractivity contribution in [3.05, 3.63) is 88.7 Å². The van der Waals surface area contributed by atoms with Gasteiger partial charge < -0.3 is 29.0 Å². The number of halogens is 1. The lowest BCUT2D eigenvalue weighted by atomic mass is 9.96. The molecule has 1 aromatic carbocycles. The van der Waals surface area contributed by atoms with Crippen molar-refractivity contribution < 1.29 is 37.5 Å². The van der Waals surface area contributed by atoms with Crippen LogP contribution in [0.4, 0.5) is 4.39 Å². The second kappa shape index (κ2) is 21.6. The number of carbonyl (C=O) groups excluding carboxylic acids is 4. The molecule has 2 aliphatic rings. The van der Waals surface area contributed by atoms with E-state index in [9.17, 15) is 19.2 Å². The van der Waals surface area contributed by atoms with Gasteiger partial charge in [-0.05, 0) is 62.5 Å². The number of thioether (sulfide) groups is 1. The number of esters is 2. The van der Waals surface area contributed by atoms with Gasteiger partial charge in [-0.15, -0.1) is 0 Å². The first-order chi connectivity index (χ1) is 26.0. The molecule has 4 bridgehead atoms. The molecule has 4 rings (SSSR count). The Hall–Kier alpha value is -4.23. The van der Waals surface area contributed by atoms with Gasteiger partial charge in [0.05, 0.1) is 24.1 Å². The highest BCUT2D eigenvalue weighted by molar-refractivity contribution is 7.98. The van der Waals surface area contributed by atoms with E-state index in [2.05, 4.69) is 29.0 Å². The molecule has 0 spiro atoms. The number of fused-ring (bicyclic) bond motifs is 4. The van der Waals surface area contributed by atoms with Gasteiger partial charge in [-0.3, -0.25) is 9.59 Å². The molecule has 1 unspecified atom stereocenters. The van der Waals surface area contributed by atoms with Crippen LogP contribution in [0.2, 0.25) is 0 Å². The minimum Gasteiger partial charge on any atom is -0.459 e. The van der Waals surface area contributed by atoms with Crippen molar-refractivity contribution >= 4 is 35.5 Å². The molecule has 0 saturated carbocycles. The van der Waals surface area contributed by atoms with E-state index >= 15 is 4.39 Å². The lowest BCUT2D eigenvalue weighted by molar-refractivity contribution is -0.147. The van der Waals surface area contributed by atoms with Crippen LogP contribution in [0.1, 0.15) is 92.6 Å². The summed E-state index contributed by atoms with van der Waals surface area (Å²) in [5, 5.41) is 2.87. The Morgan fingerprint density at radius 1 is 1.15 bits per heavy atom. The second-order valence-corrected chi connectivity index (χ2v) is 14.9. The lowest BCUT2D eigenvalue weighted by Gasteiger charge is -2.23.